The van der Waals surface area contributed by atoms with Crippen molar-refractivity contribution in [2.24, 2.45) is 0 Å². The highest BCUT2D eigenvalue weighted by Crippen LogP contribution is 2.65. The smallest absolute Gasteiger partial charge is 0.0628 e. The monoisotopic (exact) mass is 941 g/mol. The molecule has 0 N–H and O–H groups in total. The molecule has 4 heteroatoms. The molecular weight excluding hydrogens is 834 g/mol. The Morgan fingerprint density at radius 3 is 0.455 bits per heavy atom. The molecule has 0 aromatic carbocycles. The van der Waals surface area contributed by atoms with Crippen molar-refractivity contribution in [3.8, 4) is 0 Å². The molecule has 0 bridgehead atoms. The summed E-state index contributed by atoms with van der Waals surface area (Å²) >= 11 is 0. The van der Waals surface area contributed by atoms with Gasteiger partial charge in [0.1, 0.15) is 0 Å². The summed E-state index contributed by atoms with van der Waals surface area (Å²) in [7, 11) is -1.73. The van der Waals surface area contributed by atoms with Gasteiger partial charge in [-0.1, -0.05) is 196 Å². The minimum atomic E-state index is -0.864. The van der Waals surface area contributed by atoms with Crippen LogP contribution in [0.2, 0.25) is 0 Å². The van der Waals surface area contributed by atoms with Gasteiger partial charge in [-0.3, -0.25) is 0 Å². The van der Waals surface area contributed by atoms with Crippen LogP contribution < -0.4 is 34.0 Å². The largest absolute Gasteiger partial charge is 1.00 e. The Balaban J connectivity index is -0.0000135. The summed E-state index contributed by atoms with van der Waals surface area (Å²) in [4.78, 5) is 0. The molecule has 0 aromatic heterocycles. The zero-order valence-corrected chi connectivity index (χ0v) is 44.4. The van der Waals surface area contributed by atoms with Crippen LogP contribution in [0.5, 0.6) is 0 Å². The lowest BCUT2D eigenvalue weighted by Crippen LogP contribution is -3.00. The van der Waals surface area contributed by atoms with E-state index >= 15 is 0 Å². The highest BCUT2D eigenvalue weighted by atomic mass is 79.9. The van der Waals surface area contributed by atoms with Crippen LogP contribution >= 0.6 is 14.5 Å². The number of hydrogen-bond donors (Lipinski definition) is 0. The summed E-state index contributed by atoms with van der Waals surface area (Å²) in [5.41, 5.74) is 0. The van der Waals surface area contributed by atoms with Crippen LogP contribution in [0.4, 0.5) is 0 Å². The van der Waals surface area contributed by atoms with Gasteiger partial charge in [-0.05, 0) is 77.0 Å². The molecule has 336 valence electrons. The van der Waals surface area contributed by atoms with E-state index in [1.54, 1.807) is 94.2 Å². The highest BCUT2D eigenvalue weighted by molar-refractivity contribution is 7.76. The summed E-state index contributed by atoms with van der Waals surface area (Å²) in [6.07, 6.45) is 68.6. The molecule has 0 amide bonds. The SMILES string of the molecule is CCCCCCCC[P+](CCCCCCCC)(CCCCCCCC)CCC[P+](CCCCCCCC)(CCCCCCCC)CCCCCCCC.[Br-].[Br-]. The average molecular weight is 943 g/mol. The van der Waals surface area contributed by atoms with Gasteiger partial charge in [0.05, 0.1) is 49.3 Å². The van der Waals surface area contributed by atoms with Crippen molar-refractivity contribution in [2.75, 3.05) is 49.3 Å². The fraction of sp³-hybridized carbons (Fsp3) is 1.00. The Morgan fingerprint density at radius 2 is 0.291 bits per heavy atom. The van der Waals surface area contributed by atoms with Gasteiger partial charge >= 0.3 is 0 Å². The number of halogens is 2. The van der Waals surface area contributed by atoms with Crippen LogP contribution in [-0.2, 0) is 0 Å². The van der Waals surface area contributed by atoms with E-state index in [9.17, 15) is 0 Å². The zero-order valence-electron chi connectivity index (χ0n) is 39.5. The Kier molecular flexibility index (Phi) is 53.9. The summed E-state index contributed by atoms with van der Waals surface area (Å²) in [5, 5.41) is 0. The van der Waals surface area contributed by atoms with E-state index in [1.165, 1.54) is 193 Å². The maximum atomic E-state index is 2.38. The first-order valence-corrected chi connectivity index (χ1v) is 30.8. The van der Waals surface area contributed by atoms with E-state index in [2.05, 4.69) is 41.5 Å². The van der Waals surface area contributed by atoms with E-state index in [0.29, 0.717) is 0 Å². The second-order valence-electron chi connectivity index (χ2n) is 18.4. The molecule has 0 rings (SSSR count). The predicted molar refractivity (Wildman–Crippen MR) is 258 cm³/mol. The third-order valence-electron chi connectivity index (χ3n) is 13.2. The molecule has 55 heavy (non-hydrogen) atoms. The van der Waals surface area contributed by atoms with Gasteiger partial charge in [-0.25, -0.2) is 0 Å². The maximum absolute atomic E-state index is 2.38. The van der Waals surface area contributed by atoms with E-state index in [-0.39, 0.29) is 34.0 Å². The zero-order chi connectivity index (χ0) is 38.8. The van der Waals surface area contributed by atoms with Gasteiger partial charge in [0.15, 0.2) is 0 Å². The highest BCUT2D eigenvalue weighted by Gasteiger charge is 2.40. The van der Waals surface area contributed by atoms with Crippen LogP contribution in [-0.4, -0.2) is 49.3 Å². The number of rotatable bonds is 46. The normalized spacial score (nSPS) is 11.9. The topological polar surface area (TPSA) is 0 Å². The third kappa shape index (κ3) is 39.7. The molecular formula is C51H108Br2P2. The molecule has 0 aliphatic rings. The van der Waals surface area contributed by atoms with Gasteiger partial charge < -0.3 is 34.0 Å². The Labute approximate surface area is 374 Å². The second kappa shape index (κ2) is 48.5. The predicted octanol–water partition coefficient (Wildman–Crippen LogP) is 13.6. The minimum absolute atomic E-state index is 0. The number of unbranched alkanes of at least 4 members (excludes halogenated alkanes) is 30. The van der Waals surface area contributed by atoms with E-state index in [0.717, 1.165) is 0 Å². The van der Waals surface area contributed by atoms with Gasteiger partial charge in [0, 0.05) is 20.9 Å². The van der Waals surface area contributed by atoms with Crippen molar-refractivity contribution < 1.29 is 34.0 Å². The molecule has 0 radical (unpaired) electrons. The van der Waals surface area contributed by atoms with Crippen LogP contribution in [0, 0.1) is 0 Å². The lowest BCUT2D eigenvalue weighted by Gasteiger charge is -2.32. The molecule has 0 saturated heterocycles. The van der Waals surface area contributed by atoms with Gasteiger partial charge in [-0.2, -0.15) is 0 Å². The molecule has 0 fully saturated rings. The van der Waals surface area contributed by atoms with Gasteiger partial charge in [0.25, 0.3) is 0 Å². The Hall–Kier alpha value is 1.82. The quantitative estimate of drug-likeness (QED) is 0.0421. The first-order chi connectivity index (χ1) is 26.1. The van der Waals surface area contributed by atoms with E-state index in [4.69, 9.17) is 0 Å². The summed E-state index contributed by atoms with van der Waals surface area (Å²) < 4.78 is 0. The number of hydrogen-bond acceptors (Lipinski definition) is 0. The molecule has 0 aliphatic heterocycles. The van der Waals surface area contributed by atoms with Crippen molar-refractivity contribution in [1.82, 2.24) is 0 Å². The molecule has 0 aromatic rings. The standard InChI is InChI=1S/C51H108P2.2BrH/c1-7-13-19-25-31-37-44-52(45-38-32-26-20-14-8-2,46-39-33-27-21-15-9-3)50-43-51-53(47-40-34-28-22-16-10-4,48-41-35-29-23-17-11-5)49-42-36-30-24-18-12-6;;/h7-51H2,1-6H3;2*1H/q+2;;/p-2. The van der Waals surface area contributed by atoms with Crippen molar-refractivity contribution in [3.63, 3.8) is 0 Å². The summed E-state index contributed by atoms with van der Waals surface area (Å²) in [6, 6.07) is 0. The first-order valence-electron chi connectivity index (χ1n) is 25.8. The van der Waals surface area contributed by atoms with Gasteiger partial charge in [0.2, 0.25) is 0 Å². The van der Waals surface area contributed by atoms with Crippen molar-refractivity contribution in [3.05, 3.63) is 0 Å². The minimum Gasteiger partial charge on any atom is -1.00 e. The molecule has 0 atom stereocenters. The van der Waals surface area contributed by atoms with E-state index in [1.807, 2.05) is 0 Å². The molecule has 0 saturated carbocycles. The van der Waals surface area contributed by atoms with Crippen LogP contribution in [0.3, 0.4) is 0 Å². The second-order valence-corrected chi connectivity index (χ2v) is 27.4. The Bertz CT molecular complexity index is 548. The van der Waals surface area contributed by atoms with Crippen LogP contribution in [0.15, 0.2) is 0 Å². The van der Waals surface area contributed by atoms with Crippen molar-refractivity contribution >= 4 is 14.5 Å². The molecule has 0 unspecified atom stereocenters. The maximum Gasteiger partial charge on any atom is 0.0628 e. The lowest BCUT2D eigenvalue weighted by atomic mass is 10.1. The molecule has 0 spiro atoms. The third-order valence-corrected chi connectivity index (χ3v) is 23.3. The Morgan fingerprint density at radius 1 is 0.164 bits per heavy atom. The lowest BCUT2D eigenvalue weighted by molar-refractivity contribution is -0.001000. The average Bonchev–Trinajstić information content (AvgIpc) is 3.16. The molecule has 0 nitrogen and oxygen atoms in total. The van der Waals surface area contributed by atoms with Gasteiger partial charge in [-0.15, -0.1) is 0 Å². The summed E-state index contributed by atoms with van der Waals surface area (Å²) in [6.45, 7) is 14.3. The fourth-order valence-corrected chi connectivity index (χ4v) is 19.4. The summed E-state index contributed by atoms with van der Waals surface area (Å²) in [5.74, 6) is 0. The van der Waals surface area contributed by atoms with Crippen molar-refractivity contribution in [2.45, 2.75) is 279 Å². The van der Waals surface area contributed by atoms with Crippen molar-refractivity contribution in [1.29, 1.82) is 0 Å². The molecule has 0 heterocycles. The first kappa shape index (κ1) is 61.1. The van der Waals surface area contributed by atoms with Crippen LogP contribution in [0.1, 0.15) is 279 Å². The fourth-order valence-electron chi connectivity index (χ4n) is 9.45. The molecule has 0 aliphatic carbocycles. The van der Waals surface area contributed by atoms with E-state index < -0.39 is 14.5 Å². The van der Waals surface area contributed by atoms with Crippen LogP contribution in [0.25, 0.3) is 0 Å².